The molecule has 186 valence electrons. The number of rotatable bonds is 6. The van der Waals surface area contributed by atoms with Crippen LogP contribution in [0.25, 0.3) is 28.5 Å². The summed E-state index contributed by atoms with van der Waals surface area (Å²) in [6.07, 6.45) is 2.94. The van der Waals surface area contributed by atoms with Crippen LogP contribution in [0.2, 0.25) is 0 Å². The quantitative estimate of drug-likeness (QED) is 0.377. The van der Waals surface area contributed by atoms with Gasteiger partial charge in [-0.2, -0.15) is 4.98 Å². The number of hydrogen-bond donors (Lipinski definition) is 0. The molecule has 0 aliphatic carbocycles. The van der Waals surface area contributed by atoms with Crippen LogP contribution in [0.1, 0.15) is 25.3 Å². The average Bonchev–Trinajstić information content (AvgIpc) is 3.50. The zero-order chi connectivity index (χ0) is 25.2. The van der Waals surface area contributed by atoms with Crippen LogP contribution in [0, 0.1) is 12.8 Å². The molecule has 36 heavy (non-hydrogen) atoms. The number of likely N-dealkylation sites (tertiary alicyclic amines) is 1. The van der Waals surface area contributed by atoms with Crippen molar-refractivity contribution in [3.8, 4) is 22.8 Å². The van der Waals surface area contributed by atoms with Gasteiger partial charge in [-0.3, -0.25) is 9.59 Å². The number of hydrogen-bond acceptors (Lipinski definition) is 8. The molecule has 0 spiro atoms. The number of aryl methyl sites for hydroxylation is 1. The summed E-state index contributed by atoms with van der Waals surface area (Å²) in [4.78, 5) is 44.2. The van der Waals surface area contributed by atoms with Gasteiger partial charge < -0.3 is 14.2 Å². The van der Waals surface area contributed by atoms with Crippen molar-refractivity contribution in [2.24, 2.45) is 5.92 Å². The molecule has 0 N–H and O–H groups in total. The number of pyridine rings is 1. The second kappa shape index (κ2) is 9.76. The predicted octanol–water partition coefficient (Wildman–Crippen LogP) is 2.32. The van der Waals surface area contributed by atoms with E-state index in [1.54, 1.807) is 30.2 Å². The number of carbonyl (C=O) groups is 2. The van der Waals surface area contributed by atoms with Crippen molar-refractivity contribution in [1.29, 1.82) is 0 Å². The molecule has 1 saturated heterocycles. The van der Waals surface area contributed by atoms with Gasteiger partial charge in [0.05, 0.1) is 18.1 Å². The normalized spacial score (nSPS) is 15.8. The minimum Gasteiger partial charge on any atom is -0.466 e. The first kappa shape index (κ1) is 23.5. The lowest BCUT2D eigenvalue weighted by Crippen LogP contribution is -2.45. The second-order valence-electron chi connectivity index (χ2n) is 8.78. The number of nitrogens with zero attached hydrogens (tertiary/aromatic N) is 6. The number of esters is 1. The summed E-state index contributed by atoms with van der Waals surface area (Å²) >= 11 is 0. The number of amides is 1. The van der Waals surface area contributed by atoms with Gasteiger partial charge in [-0.15, -0.1) is 5.10 Å². The molecular weight excluding hydrogens is 464 g/mol. The average molecular weight is 491 g/mol. The third kappa shape index (κ3) is 4.51. The Labute approximate surface area is 206 Å². The molecule has 0 radical (unpaired) electrons. The molecule has 0 saturated carbocycles. The molecular formula is C25H26N6O5. The Morgan fingerprint density at radius 3 is 2.78 bits per heavy atom. The van der Waals surface area contributed by atoms with Crippen LogP contribution >= 0.6 is 0 Å². The summed E-state index contributed by atoms with van der Waals surface area (Å²) in [7, 11) is 0. The minimum absolute atomic E-state index is 0.216. The fourth-order valence-corrected chi connectivity index (χ4v) is 4.35. The number of ether oxygens (including phenoxy) is 1. The molecule has 11 nitrogen and oxygen atoms in total. The lowest BCUT2D eigenvalue weighted by Gasteiger charge is -2.31. The monoisotopic (exact) mass is 490 g/mol. The van der Waals surface area contributed by atoms with Crippen LogP contribution in [0.4, 0.5) is 0 Å². The fourth-order valence-electron chi connectivity index (χ4n) is 4.35. The lowest BCUT2D eigenvalue weighted by atomic mass is 9.98. The molecule has 11 heteroatoms. The second-order valence-corrected chi connectivity index (χ2v) is 8.78. The van der Waals surface area contributed by atoms with Crippen LogP contribution < -0.4 is 5.69 Å². The highest BCUT2D eigenvalue weighted by molar-refractivity contribution is 5.78. The van der Waals surface area contributed by atoms with Crippen molar-refractivity contribution in [2.45, 2.75) is 33.2 Å². The van der Waals surface area contributed by atoms with Crippen LogP contribution in [0.3, 0.4) is 0 Å². The maximum absolute atomic E-state index is 13.0. The fraction of sp³-hybridized carbons (Fsp3) is 0.360. The van der Waals surface area contributed by atoms with Crippen molar-refractivity contribution in [2.75, 3.05) is 19.7 Å². The van der Waals surface area contributed by atoms with Gasteiger partial charge in [0.25, 0.3) is 5.89 Å². The summed E-state index contributed by atoms with van der Waals surface area (Å²) < 4.78 is 13.0. The highest BCUT2D eigenvalue weighted by atomic mass is 16.5. The summed E-state index contributed by atoms with van der Waals surface area (Å²) in [5.41, 5.74) is 2.24. The van der Waals surface area contributed by atoms with E-state index in [4.69, 9.17) is 9.26 Å². The summed E-state index contributed by atoms with van der Waals surface area (Å²) in [6.45, 7) is 4.60. The Morgan fingerprint density at radius 1 is 1.19 bits per heavy atom. The van der Waals surface area contributed by atoms with Crippen molar-refractivity contribution >= 4 is 17.5 Å². The first-order chi connectivity index (χ1) is 17.4. The Hall–Kier alpha value is -4.28. The number of benzene rings is 1. The van der Waals surface area contributed by atoms with Crippen LogP contribution in [-0.2, 0) is 20.9 Å². The minimum atomic E-state index is -0.461. The molecule has 1 aromatic carbocycles. The van der Waals surface area contributed by atoms with E-state index in [1.807, 2.05) is 31.2 Å². The van der Waals surface area contributed by atoms with Gasteiger partial charge in [0.1, 0.15) is 6.54 Å². The van der Waals surface area contributed by atoms with E-state index < -0.39 is 5.69 Å². The van der Waals surface area contributed by atoms with Gasteiger partial charge in [0.2, 0.25) is 11.7 Å². The number of aromatic nitrogens is 5. The number of fused-ring (bicyclic) bond motifs is 1. The number of piperidine rings is 1. The highest BCUT2D eigenvalue weighted by Crippen LogP contribution is 2.25. The first-order valence-corrected chi connectivity index (χ1v) is 11.9. The summed E-state index contributed by atoms with van der Waals surface area (Å²) in [6, 6.07) is 11.1. The van der Waals surface area contributed by atoms with Gasteiger partial charge in [-0.1, -0.05) is 35.0 Å². The molecule has 3 aromatic heterocycles. The van der Waals surface area contributed by atoms with E-state index in [2.05, 4.69) is 15.2 Å². The molecule has 1 aliphatic rings. The largest absolute Gasteiger partial charge is 0.466 e. The molecule has 1 atom stereocenters. The van der Waals surface area contributed by atoms with Gasteiger partial charge in [-0.25, -0.2) is 13.9 Å². The van der Waals surface area contributed by atoms with Crippen LogP contribution in [0.5, 0.6) is 0 Å². The number of carbonyl (C=O) groups excluding carboxylic acids is 2. The van der Waals surface area contributed by atoms with E-state index in [0.717, 1.165) is 15.8 Å². The standard InChI is InChI=1S/C25H26N6O5/c1-3-35-24(33)18-6-4-12-29(14-18)20(32)15-31-25(34)30-13-5-7-19(22(30)27-31)23-26-21(28-36-23)17-10-8-16(2)9-11-17/h5,7-11,13,18H,3-4,6,12,14-15H2,1-2H3/t18-/m1/s1. The first-order valence-electron chi connectivity index (χ1n) is 11.9. The molecule has 1 aliphatic heterocycles. The van der Waals surface area contributed by atoms with Gasteiger partial charge in [0, 0.05) is 24.8 Å². The van der Waals surface area contributed by atoms with Gasteiger partial charge in [0.15, 0.2) is 5.65 Å². The Morgan fingerprint density at radius 2 is 2.00 bits per heavy atom. The lowest BCUT2D eigenvalue weighted by molar-refractivity contribution is -0.151. The van der Waals surface area contributed by atoms with Crippen molar-refractivity contribution in [1.82, 2.24) is 29.2 Å². The maximum atomic E-state index is 13.0. The van der Waals surface area contributed by atoms with E-state index in [1.165, 1.54) is 4.40 Å². The Balaban J connectivity index is 1.39. The third-order valence-electron chi connectivity index (χ3n) is 6.25. The topological polar surface area (TPSA) is 125 Å². The van der Waals surface area contributed by atoms with E-state index in [0.29, 0.717) is 43.0 Å². The molecule has 5 rings (SSSR count). The smallest absolute Gasteiger partial charge is 0.350 e. The molecule has 1 fully saturated rings. The highest BCUT2D eigenvalue weighted by Gasteiger charge is 2.30. The summed E-state index contributed by atoms with van der Waals surface area (Å²) in [5.74, 6) is -0.296. The van der Waals surface area contributed by atoms with Crippen LogP contribution in [-0.4, -0.2) is 60.8 Å². The third-order valence-corrected chi connectivity index (χ3v) is 6.25. The van der Waals surface area contributed by atoms with Crippen molar-refractivity contribution in [3.05, 3.63) is 58.6 Å². The van der Waals surface area contributed by atoms with Crippen LogP contribution in [0.15, 0.2) is 51.9 Å². The predicted molar refractivity (Wildman–Crippen MR) is 129 cm³/mol. The van der Waals surface area contributed by atoms with Crippen molar-refractivity contribution < 1.29 is 18.8 Å². The molecule has 0 bridgehead atoms. The molecule has 4 heterocycles. The molecule has 1 amide bonds. The van der Waals surface area contributed by atoms with E-state index in [-0.39, 0.29) is 36.8 Å². The van der Waals surface area contributed by atoms with Gasteiger partial charge in [-0.05, 0) is 38.8 Å². The van der Waals surface area contributed by atoms with E-state index >= 15 is 0 Å². The van der Waals surface area contributed by atoms with Gasteiger partial charge >= 0.3 is 11.7 Å². The Bertz CT molecular complexity index is 1470. The zero-order valence-electron chi connectivity index (χ0n) is 20.1. The Kier molecular flexibility index (Phi) is 6.36. The molecule has 4 aromatic rings. The SMILES string of the molecule is CCOC(=O)[C@@H]1CCCN(C(=O)Cn2nc3c(-c4nc(-c5ccc(C)cc5)no4)cccn3c2=O)C1. The molecule has 0 unspecified atom stereocenters. The van der Waals surface area contributed by atoms with Crippen molar-refractivity contribution in [3.63, 3.8) is 0 Å². The zero-order valence-corrected chi connectivity index (χ0v) is 20.1. The van der Waals surface area contributed by atoms with E-state index in [9.17, 15) is 14.4 Å². The maximum Gasteiger partial charge on any atom is 0.350 e. The summed E-state index contributed by atoms with van der Waals surface area (Å²) in [5, 5.41) is 8.47.